The fourth-order valence-corrected chi connectivity index (χ4v) is 5.07. The number of rotatable bonds is 10. The topological polar surface area (TPSA) is 47.4 Å². The van der Waals surface area contributed by atoms with E-state index in [9.17, 15) is 4.79 Å². The Hall–Kier alpha value is -3.60. The molecule has 1 aliphatic rings. The zero-order valence-electron chi connectivity index (χ0n) is 21.3. The molecule has 1 fully saturated rings. The number of ether oxygens (including phenoxy) is 1. The first kappa shape index (κ1) is 24.1. The smallest absolute Gasteiger partial charge is 0.227 e. The number of aromatic nitrogens is 2. The lowest BCUT2D eigenvalue weighted by atomic mass is 9.99. The zero-order chi connectivity index (χ0) is 24.9. The zero-order valence-corrected chi connectivity index (χ0v) is 21.3. The van der Waals surface area contributed by atoms with E-state index in [1.165, 1.54) is 5.56 Å². The van der Waals surface area contributed by atoms with E-state index in [2.05, 4.69) is 60.9 Å². The van der Waals surface area contributed by atoms with Gasteiger partial charge in [0.05, 0.1) is 17.6 Å². The number of hydrogen-bond acceptors (Lipinski definition) is 3. The number of benzene rings is 3. The quantitative estimate of drug-likeness (QED) is 0.231. The second-order valence-electron chi connectivity index (χ2n) is 9.79. The molecule has 1 aliphatic heterocycles. The second kappa shape index (κ2) is 11.0. The highest BCUT2D eigenvalue weighted by molar-refractivity contribution is 5.96. The van der Waals surface area contributed by atoms with Gasteiger partial charge in [0.25, 0.3) is 0 Å². The number of imidazole rings is 1. The van der Waals surface area contributed by atoms with Crippen molar-refractivity contribution in [2.75, 3.05) is 18.1 Å². The first-order chi connectivity index (χ1) is 17.6. The molecule has 0 saturated carbocycles. The lowest BCUT2D eigenvalue weighted by Crippen LogP contribution is -2.24. The summed E-state index contributed by atoms with van der Waals surface area (Å²) in [6, 6.07) is 26.7. The number of unbranched alkanes of at least 4 members (excludes halogenated alkanes) is 1. The van der Waals surface area contributed by atoms with E-state index in [-0.39, 0.29) is 11.8 Å². The highest BCUT2D eigenvalue weighted by Crippen LogP contribution is 2.33. The number of amides is 1. The minimum Gasteiger partial charge on any atom is -0.494 e. The van der Waals surface area contributed by atoms with Gasteiger partial charge in [-0.2, -0.15) is 0 Å². The van der Waals surface area contributed by atoms with E-state index in [1.807, 2.05) is 41.3 Å². The molecule has 36 heavy (non-hydrogen) atoms. The Morgan fingerprint density at radius 2 is 1.72 bits per heavy atom. The van der Waals surface area contributed by atoms with Crippen LogP contribution in [0.15, 0.2) is 78.9 Å². The van der Waals surface area contributed by atoms with Crippen molar-refractivity contribution in [1.82, 2.24) is 9.55 Å². The van der Waals surface area contributed by atoms with Gasteiger partial charge in [0.1, 0.15) is 11.6 Å². The molecule has 1 saturated heterocycles. The Morgan fingerprint density at radius 1 is 0.972 bits per heavy atom. The number of fused-ring (bicyclic) bond motifs is 1. The highest BCUT2D eigenvalue weighted by atomic mass is 16.5. The summed E-state index contributed by atoms with van der Waals surface area (Å²) in [5.41, 5.74) is 4.46. The number of para-hydroxylation sites is 3. The predicted molar refractivity (Wildman–Crippen MR) is 146 cm³/mol. The van der Waals surface area contributed by atoms with E-state index in [1.54, 1.807) is 0 Å². The van der Waals surface area contributed by atoms with E-state index in [0.29, 0.717) is 25.5 Å². The van der Waals surface area contributed by atoms with Gasteiger partial charge in [-0.3, -0.25) is 4.79 Å². The van der Waals surface area contributed by atoms with Gasteiger partial charge in [-0.15, -0.1) is 0 Å². The van der Waals surface area contributed by atoms with Crippen LogP contribution in [0.5, 0.6) is 5.75 Å². The fourth-order valence-electron chi connectivity index (χ4n) is 5.07. The highest BCUT2D eigenvalue weighted by Gasteiger charge is 2.34. The lowest BCUT2D eigenvalue weighted by Gasteiger charge is -2.17. The first-order valence-electron chi connectivity index (χ1n) is 13.2. The number of anilines is 1. The van der Waals surface area contributed by atoms with E-state index in [4.69, 9.17) is 9.72 Å². The molecule has 3 aromatic carbocycles. The van der Waals surface area contributed by atoms with Crippen molar-refractivity contribution in [3.63, 3.8) is 0 Å². The molecule has 1 amide bonds. The van der Waals surface area contributed by atoms with Crippen molar-refractivity contribution in [2.45, 2.75) is 57.9 Å². The van der Waals surface area contributed by atoms with Crippen molar-refractivity contribution in [2.24, 2.45) is 0 Å². The van der Waals surface area contributed by atoms with Gasteiger partial charge in [0.2, 0.25) is 5.91 Å². The third-order valence-corrected chi connectivity index (χ3v) is 7.35. The van der Waals surface area contributed by atoms with Crippen LogP contribution < -0.4 is 9.64 Å². The Kier molecular flexibility index (Phi) is 7.36. The Balaban J connectivity index is 1.23. The fraction of sp³-hybridized carbons (Fsp3) is 0.355. The maximum Gasteiger partial charge on any atom is 0.227 e. The molecule has 0 aliphatic carbocycles. The number of nitrogens with zero attached hydrogens (tertiary/aromatic N) is 3. The van der Waals surface area contributed by atoms with Crippen molar-refractivity contribution in [1.29, 1.82) is 0 Å². The van der Waals surface area contributed by atoms with Gasteiger partial charge in [0, 0.05) is 31.1 Å². The summed E-state index contributed by atoms with van der Waals surface area (Å²) in [4.78, 5) is 19.8. The largest absolute Gasteiger partial charge is 0.494 e. The van der Waals surface area contributed by atoms with E-state index >= 15 is 0 Å². The van der Waals surface area contributed by atoms with Crippen LogP contribution in [0, 0.1) is 0 Å². The summed E-state index contributed by atoms with van der Waals surface area (Å²) in [6.07, 6.45) is 3.58. The van der Waals surface area contributed by atoms with Crippen molar-refractivity contribution < 1.29 is 9.53 Å². The van der Waals surface area contributed by atoms with Crippen LogP contribution >= 0.6 is 0 Å². The number of carbonyl (C=O) groups excluding carboxylic acids is 1. The summed E-state index contributed by atoms with van der Waals surface area (Å²) in [6.45, 7) is 6.69. The molecular formula is C31H35N3O2. The lowest BCUT2D eigenvalue weighted by molar-refractivity contribution is -0.117. The SMILES string of the molecule is CCC(C)c1ccc(OCCCCn2c(C3CC(=O)N(c4ccccc4)C3)nc3ccccc32)cc1. The Labute approximate surface area is 213 Å². The maximum absolute atomic E-state index is 12.9. The first-order valence-corrected chi connectivity index (χ1v) is 13.2. The number of aryl methyl sites for hydroxylation is 1. The molecule has 186 valence electrons. The monoisotopic (exact) mass is 481 g/mol. The number of carbonyl (C=O) groups is 1. The van der Waals surface area contributed by atoms with Crippen molar-refractivity contribution in [3.05, 3.63) is 90.3 Å². The third kappa shape index (κ3) is 5.15. The number of hydrogen-bond donors (Lipinski definition) is 0. The minimum atomic E-state index is 0.0883. The molecule has 5 rings (SSSR count). The molecule has 1 aromatic heterocycles. The summed E-state index contributed by atoms with van der Waals surface area (Å²) >= 11 is 0. The predicted octanol–water partition coefficient (Wildman–Crippen LogP) is 6.93. The van der Waals surface area contributed by atoms with E-state index in [0.717, 1.165) is 54.1 Å². The van der Waals surface area contributed by atoms with Gasteiger partial charge in [-0.05, 0) is 67.1 Å². The van der Waals surface area contributed by atoms with Gasteiger partial charge >= 0.3 is 0 Å². The van der Waals surface area contributed by atoms with Crippen molar-refractivity contribution >= 4 is 22.6 Å². The minimum absolute atomic E-state index is 0.0883. The molecule has 0 radical (unpaired) electrons. The van der Waals surface area contributed by atoms with Crippen LogP contribution in [0.2, 0.25) is 0 Å². The second-order valence-corrected chi connectivity index (χ2v) is 9.79. The summed E-state index contributed by atoms with van der Waals surface area (Å²) in [5.74, 6) is 2.78. The van der Waals surface area contributed by atoms with Crippen LogP contribution in [-0.2, 0) is 11.3 Å². The summed E-state index contributed by atoms with van der Waals surface area (Å²) < 4.78 is 8.33. The van der Waals surface area contributed by atoms with Crippen molar-refractivity contribution in [3.8, 4) is 5.75 Å². The Morgan fingerprint density at radius 3 is 2.50 bits per heavy atom. The summed E-state index contributed by atoms with van der Waals surface area (Å²) in [7, 11) is 0. The maximum atomic E-state index is 12.9. The van der Waals surface area contributed by atoms with Crippen LogP contribution in [0.25, 0.3) is 11.0 Å². The standard InChI is InChI=1S/C31H35N3O2/c1-3-23(2)24-15-17-27(18-16-24)36-20-10-9-19-33-29-14-8-7-13-28(29)32-31(33)25-21-30(35)34(22-25)26-11-5-4-6-12-26/h4-8,11-18,23,25H,3,9-10,19-22H2,1-2H3. The molecule has 5 nitrogen and oxygen atoms in total. The molecule has 4 aromatic rings. The van der Waals surface area contributed by atoms with Crippen LogP contribution in [0.1, 0.15) is 62.8 Å². The molecule has 2 heterocycles. The van der Waals surface area contributed by atoms with Crippen LogP contribution in [0.4, 0.5) is 5.69 Å². The van der Waals surface area contributed by atoms with Gasteiger partial charge < -0.3 is 14.2 Å². The Bertz CT molecular complexity index is 1300. The molecule has 2 unspecified atom stereocenters. The molecule has 5 heteroatoms. The van der Waals surface area contributed by atoms with Crippen LogP contribution in [0.3, 0.4) is 0 Å². The van der Waals surface area contributed by atoms with E-state index < -0.39 is 0 Å². The molecular weight excluding hydrogens is 446 g/mol. The van der Waals surface area contributed by atoms with Gasteiger partial charge in [-0.25, -0.2) is 4.98 Å². The summed E-state index contributed by atoms with van der Waals surface area (Å²) in [5, 5.41) is 0. The average Bonchev–Trinajstić information content (AvgIpc) is 3.49. The molecule has 2 atom stereocenters. The third-order valence-electron chi connectivity index (χ3n) is 7.35. The average molecular weight is 482 g/mol. The molecule has 0 bridgehead atoms. The van der Waals surface area contributed by atoms with Gasteiger partial charge in [0.15, 0.2) is 0 Å². The van der Waals surface area contributed by atoms with Crippen LogP contribution in [-0.4, -0.2) is 28.6 Å². The molecule has 0 N–H and O–H groups in total. The van der Waals surface area contributed by atoms with Gasteiger partial charge in [-0.1, -0.05) is 56.3 Å². The normalized spacial score (nSPS) is 16.6. The molecule has 0 spiro atoms.